The Morgan fingerprint density at radius 1 is 1.10 bits per heavy atom. The first-order valence-corrected chi connectivity index (χ1v) is 5.10. The Balaban J connectivity index is 2.30. The van der Waals surface area contributed by atoms with Crippen LogP contribution in [0.25, 0.3) is 0 Å². The molecule has 0 aromatic heterocycles. The van der Waals surface area contributed by atoms with Crippen molar-refractivity contribution < 1.29 is 0 Å². The van der Waals surface area contributed by atoms with Gasteiger partial charge in [-0.3, -0.25) is 0 Å². The average Bonchev–Trinajstić information content (AvgIpc) is 2.20. The molecule has 0 aromatic rings. The molecule has 0 amide bonds. The molecule has 10 heavy (non-hydrogen) atoms. The van der Waals surface area contributed by atoms with Crippen LogP contribution in [0.15, 0.2) is 0 Å². The van der Waals surface area contributed by atoms with Gasteiger partial charge in [0, 0.05) is 24.6 Å². The van der Waals surface area contributed by atoms with E-state index in [4.69, 9.17) is 0 Å². The fraction of sp³-hybridized carbons (Fsp3) is 1.00. The lowest BCUT2D eigenvalue weighted by molar-refractivity contribution is 0.212. The summed E-state index contributed by atoms with van der Waals surface area (Å²) in [5, 5.41) is 3.49. The third-order valence-corrected chi connectivity index (χ3v) is 5.01. The second-order valence-corrected chi connectivity index (χ2v) is 5.20. The second-order valence-electron chi connectivity index (χ2n) is 4.22. The van der Waals surface area contributed by atoms with E-state index in [1.807, 2.05) is 0 Å². The Morgan fingerprint density at radius 2 is 1.60 bits per heavy atom. The molecule has 0 aliphatic carbocycles. The van der Waals surface area contributed by atoms with Crippen LogP contribution in [-0.4, -0.2) is 24.6 Å². The third kappa shape index (κ3) is 0.693. The van der Waals surface area contributed by atoms with Gasteiger partial charge in [0.15, 0.2) is 0 Å². The summed E-state index contributed by atoms with van der Waals surface area (Å²) < 4.78 is 0. The van der Waals surface area contributed by atoms with E-state index < -0.39 is 0 Å². The van der Waals surface area contributed by atoms with Crippen molar-refractivity contribution in [1.82, 2.24) is 5.32 Å². The van der Waals surface area contributed by atoms with Crippen LogP contribution in [0.2, 0.25) is 0 Å². The Hall–Kier alpha value is 0.310. The van der Waals surface area contributed by atoms with E-state index in [-0.39, 0.29) is 0 Å². The van der Waals surface area contributed by atoms with Gasteiger partial charge in [0.2, 0.25) is 0 Å². The monoisotopic (exact) mass is 157 g/mol. The predicted octanol–water partition coefficient (Wildman–Crippen LogP) is 1.35. The van der Waals surface area contributed by atoms with Crippen molar-refractivity contribution in [3.05, 3.63) is 0 Å². The number of thioether (sulfide) groups is 1. The molecule has 0 saturated carbocycles. The van der Waals surface area contributed by atoms with Gasteiger partial charge in [-0.25, -0.2) is 0 Å². The smallest absolute Gasteiger partial charge is 0.00193 e. The maximum absolute atomic E-state index is 3.49. The maximum Gasteiger partial charge on any atom is 0.00193 e. The van der Waals surface area contributed by atoms with Gasteiger partial charge in [0.05, 0.1) is 0 Å². The molecule has 2 atom stereocenters. The van der Waals surface area contributed by atoms with Crippen LogP contribution in [0.4, 0.5) is 0 Å². The van der Waals surface area contributed by atoms with Gasteiger partial charge in [-0.2, -0.15) is 11.8 Å². The minimum Gasteiger partial charge on any atom is -0.316 e. The van der Waals surface area contributed by atoms with E-state index in [0.29, 0.717) is 10.8 Å². The van der Waals surface area contributed by atoms with Crippen molar-refractivity contribution in [3.63, 3.8) is 0 Å². The van der Waals surface area contributed by atoms with Crippen molar-refractivity contribution in [2.45, 2.75) is 13.8 Å². The highest BCUT2D eigenvalue weighted by Crippen LogP contribution is 2.52. The van der Waals surface area contributed by atoms with Gasteiger partial charge in [-0.15, -0.1) is 0 Å². The van der Waals surface area contributed by atoms with Gasteiger partial charge in [-0.1, -0.05) is 13.8 Å². The summed E-state index contributed by atoms with van der Waals surface area (Å²) in [6, 6.07) is 0. The highest BCUT2D eigenvalue weighted by atomic mass is 32.2. The lowest BCUT2D eigenvalue weighted by Crippen LogP contribution is -2.34. The van der Waals surface area contributed by atoms with Crippen molar-refractivity contribution in [2.24, 2.45) is 10.8 Å². The summed E-state index contributed by atoms with van der Waals surface area (Å²) in [5.74, 6) is 2.72. The molecule has 2 fully saturated rings. The minimum atomic E-state index is 0.595. The molecule has 2 heteroatoms. The fourth-order valence-electron chi connectivity index (χ4n) is 1.99. The summed E-state index contributed by atoms with van der Waals surface area (Å²) in [4.78, 5) is 0. The predicted molar refractivity (Wildman–Crippen MR) is 46.4 cm³/mol. The molecule has 0 radical (unpaired) electrons. The molecule has 2 aliphatic heterocycles. The zero-order chi connectivity index (χ0) is 7.24. The number of rotatable bonds is 0. The van der Waals surface area contributed by atoms with Gasteiger partial charge in [0.1, 0.15) is 0 Å². The zero-order valence-corrected chi connectivity index (χ0v) is 7.55. The normalized spacial score (nSPS) is 53.4. The van der Waals surface area contributed by atoms with Gasteiger partial charge >= 0.3 is 0 Å². The Bertz CT molecular complexity index is 129. The van der Waals surface area contributed by atoms with Gasteiger partial charge < -0.3 is 5.32 Å². The van der Waals surface area contributed by atoms with Crippen LogP contribution in [0.5, 0.6) is 0 Å². The van der Waals surface area contributed by atoms with Crippen molar-refractivity contribution in [2.75, 3.05) is 24.6 Å². The van der Waals surface area contributed by atoms with Crippen LogP contribution < -0.4 is 5.32 Å². The Kier molecular flexibility index (Phi) is 1.34. The largest absolute Gasteiger partial charge is 0.316 e. The van der Waals surface area contributed by atoms with Crippen molar-refractivity contribution in [3.8, 4) is 0 Å². The van der Waals surface area contributed by atoms with Crippen LogP contribution in [0, 0.1) is 10.8 Å². The number of fused-ring (bicyclic) bond motifs is 1. The summed E-state index contributed by atoms with van der Waals surface area (Å²) >= 11 is 2.12. The topological polar surface area (TPSA) is 12.0 Å². The molecule has 58 valence electrons. The van der Waals surface area contributed by atoms with Crippen molar-refractivity contribution in [1.29, 1.82) is 0 Å². The molecular formula is C8H15NS. The van der Waals surface area contributed by atoms with Gasteiger partial charge in [0.25, 0.3) is 0 Å². The van der Waals surface area contributed by atoms with E-state index in [9.17, 15) is 0 Å². The Morgan fingerprint density at radius 3 is 2.10 bits per heavy atom. The molecular weight excluding hydrogens is 142 g/mol. The first-order chi connectivity index (χ1) is 4.66. The Labute approximate surface area is 67.0 Å². The van der Waals surface area contributed by atoms with Crippen LogP contribution >= 0.6 is 11.8 Å². The summed E-state index contributed by atoms with van der Waals surface area (Å²) in [6.07, 6.45) is 0. The van der Waals surface area contributed by atoms with E-state index >= 15 is 0 Å². The van der Waals surface area contributed by atoms with E-state index in [2.05, 4.69) is 30.9 Å². The molecule has 0 unspecified atom stereocenters. The molecule has 2 saturated heterocycles. The third-order valence-electron chi connectivity index (χ3n) is 3.33. The molecule has 1 N–H and O–H groups in total. The summed E-state index contributed by atoms with van der Waals surface area (Å²) in [7, 11) is 0. The first kappa shape index (κ1) is 6.99. The number of hydrogen-bond donors (Lipinski definition) is 1. The molecule has 0 aromatic carbocycles. The lowest BCUT2D eigenvalue weighted by atomic mass is 9.71. The average molecular weight is 157 g/mol. The molecule has 1 nitrogen and oxygen atoms in total. The SMILES string of the molecule is C[C@@]12CNC[C@]1(C)CSC2. The molecule has 2 rings (SSSR count). The van der Waals surface area contributed by atoms with Crippen LogP contribution in [-0.2, 0) is 0 Å². The van der Waals surface area contributed by atoms with Crippen molar-refractivity contribution >= 4 is 11.8 Å². The minimum absolute atomic E-state index is 0.595. The number of nitrogens with one attached hydrogen (secondary N) is 1. The van der Waals surface area contributed by atoms with E-state index in [1.54, 1.807) is 0 Å². The quantitative estimate of drug-likeness (QED) is 0.569. The fourth-order valence-corrected chi connectivity index (χ4v) is 3.90. The van der Waals surface area contributed by atoms with Gasteiger partial charge in [-0.05, 0) is 10.8 Å². The summed E-state index contributed by atoms with van der Waals surface area (Å²) in [6.45, 7) is 7.31. The van der Waals surface area contributed by atoms with E-state index in [1.165, 1.54) is 24.6 Å². The number of hydrogen-bond acceptors (Lipinski definition) is 2. The maximum atomic E-state index is 3.49. The molecule has 2 heterocycles. The van der Waals surface area contributed by atoms with Crippen LogP contribution in [0.3, 0.4) is 0 Å². The molecule has 0 bridgehead atoms. The zero-order valence-electron chi connectivity index (χ0n) is 6.74. The molecule has 2 aliphatic rings. The standard InChI is InChI=1S/C8H15NS/c1-7-3-9-4-8(7,2)6-10-5-7/h9H,3-6H2,1-2H3/t7-,8+. The molecule has 0 spiro atoms. The van der Waals surface area contributed by atoms with Crippen LogP contribution in [0.1, 0.15) is 13.8 Å². The lowest BCUT2D eigenvalue weighted by Gasteiger charge is -2.31. The highest BCUT2D eigenvalue weighted by Gasteiger charge is 2.51. The van der Waals surface area contributed by atoms with E-state index in [0.717, 1.165) is 0 Å². The first-order valence-electron chi connectivity index (χ1n) is 3.95. The second kappa shape index (κ2) is 1.92. The summed E-state index contributed by atoms with van der Waals surface area (Å²) in [5.41, 5.74) is 1.19. The highest BCUT2D eigenvalue weighted by molar-refractivity contribution is 7.99.